The summed E-state index contributed by atoms with van der Waals surface area (Å²) in [6.07, 6.45) is 6.70. The molecular weight excluding hydrogens is 408 g/mol. The zero-order chi connectivity index (χ0) is 21.4. The highest BCUT2D eigenvalue weighted by Gasteiger charge is 2.37. The van der Waals surface area contributed by atoms with Crippen LogP contribution < -0.4 is 0 Å². The third-order valence-corrected chi connectivity index (χ3v) is 8.13. The molecule has 1 fully saturated rings. The van der Waals surface area contributed by atoms with E-state index >= 15 is 0 Å². The van der Waals surface area contributed by atoms with Gasteiger partial charge in [0.05, 0.1) is 11.9 Å². The van der Waals surface area contributed by atoms with Gasteiger partial charge in [-0.05, 0) is 48.6 Å². The maximum atomic E-state index is 13.0. The van der Waals surface area contributed by atoms with Crippen LogP contribution in [0, 0.1) is 5.92 Å². The molecule has 160 valence electrons. The monoisotopic (exact) mass is 434 g/mol. The lowest BCUT2D eigenvalue weighted by molar-refractivity contribution is 0.399. The van der Waals surface area contributed by atoms with Crippen molar-refractivity contribution in [2.45, 2.75) is 31.7 Å². The number of aromatic nitrogens is 3. The molecule has 1 aliphatic rings. The van der Waals surface area contributed by atoms with E-state index in [2.05, 4.69) is 45.2 Å². The number of hydrogen-bond donors (Lipinski definition) is 1. The van der Waals surface area contributed by atoms with Gasteiger partial charge in [0.1, 0.15) is 0 Å². The molecule has 0 saturated carbocycles. The summed E-state index contributed by atoms with van der Waals surface area (Å²) in [5.41, 5.74) is 4.21. The van der Waals surface area contributed by atoms with Crippen molar-refractivity contribution in [3.63, 3.8) is 0 Å². The van der Waals surface area contributed by atoms with Crippen molar-refractivity contribution in [3.8, 4) is 11.1 Å². The van der Waals surface area contributed by atoms with E-state index in [0.717, 1.165) is 29.7 Å². The molecule has 2 aromatic heterocycles. The Hall–Kier alpha value is -2.90. The molecule has 0 amide bonds. The Balaban J connectivity index is 1.31. The molecule has 0 unspecified atom stereocenters. The standard InChI is InChI=1S/C24H26N4O2S/c1-18-11-20(16-28(18)31(29,30)17-19-5-3-2-4-6-19)15-27-10-9-22-12-21(7-8-24(22)27)23-13-25-26-14-23/h2-10,12-14,18,20H,11,15-17H2,1H3,(H,25,26)/t18-,20+/m0/s1. The second-order valence-corrected chi connectivity index (χ2v) is 10.4. The van der Waals surface area contributed by atoms with Crippen LogP contribution in [0.5, 0.6) is 0 Å². The molecule has 4 aromatic rings. The molecule has 5 rings (SSSR count). The summed E-state index contributed by atoms with van der Waals surface area (Å²) in [5, 5.41) is 8.06. The highest BCUT2D eigenvalue weighted by Crippen LogP contribution is 2.31. The number of nitrogens with zero attached hydrogens (tertiary/aromatic N) is 3. The zero-order valence-corrected chi connectivity index (χ0v) is 18.3. The second kappa shape index (κ2) is 7.98. The van der Waals surface area contributed by atoms with Crippen molar-refractivity contribution in [1.82, 2.24) is 19.1 Å². The van der Waals surface area contributed by atoms with E-state index in [9.17, 15) is 8.42 Å². The van der Waals surface area contributed by atoms with Gasteiger partial charge in [0, 0.05) is 48.0 Å². The van der Waals surface area contributed by atoms with Crippen LogP contribution in [0.2, 0.25) is 0 Å². The van der Waals surface area contributed by atoms with Crippen LogP contribution in [0.1, 0.15) is 18.9 Å². The van der Waals surface area contributed by atoms with Gasteiger partial charge in [-0.15, -0.1) is 0 Å². The van der Waals surface area contributed by atoms with Crippen molar-refractivity contribution in [1.29, 1.82) is 0 Å². The smallest absolute Gasteiger partial charge is 0.218 e. The maximum Gasteiger partial charge on any atom is 0.218 e. The molecule has 0 spiro atoms. The number of aromatic amines is 1. The number of rotatable bonds is 6. The lowest BCUT2D eigenvalue weighted by Crippen LogP contribution is -2.35. The van der Waals surface area contributed by atoms with Gasteiger partial charge in [0.2, 0.25) is 10.0 Å². The van der Waals surface area contributed by atoms with E-state index in [-0.39, 0.29) is 11.8 Å². The normalized spacial score (nSPS) is 19.9. The van der Waals surface area contributed by atoms with Crippen molar-refractivity contribution >= 4 is 20.9 Å². The van der Waals surface area contributed by atoms with Crippen molar-refractivity contribution in [2.75, 3.05) is 6.54 Å². The van der Waals surface area contributed by atoms with E-state index in [4.69, 9.17) is 0 Å². The number of benzene rings is 2. The van der Waals surface area contributed by atoms with Gasteiger partial charge in [0.15, 0.2) is 0 Å². The SMILES string of the molecule is C[C@H]1C[C@H](Cn2ccc3cc(-c4cn[nH]c4)ccc32)CN1S(=O)(=O)Cc1ccccc1. The van der Waals surface area contributed by atoms with Gasteiger partial charge in [-0.2, -0.15) is 9.40 Å². The molecule has 31 heavy (non-hydrogen) atoms. The van der Waals surface area contributed by atoms with Crippen LogP contribution in [0.25, 0.3) is 22.0 Å². The average molecular weight is 435 g/mol. The number of hydrogen-bond acceptors (Lipinski definition) is 3. The molecule has 0 bridgehead atoms. The second-order valence-electron chi connectivity index (χ2n) is 8.49. The summed E-state index contributed by atoms with van der Waals surface area (Å²) in [6.45, 7) is 3.41. The largest absolute Gasteiger partial charge is 0.347 e. The van der Waals surface area contributed by atoms with Crippen LogP contribution in [0.4, 0.5) is 0 Å². The Morgan fingerprint density at radius 1 is 1.10 bits per heavy atom. The first kappa shape index (κ1) is 20.0. The highest BCUT2D eigenvalue weighted by molar-refractivity contribution is 7.88. The first-order chi connectivity index (χ1) is 15.0. The van der Waals surface area contributed by atoms with Gasteiger partial charge in [-0.25, -0.2) is 8.42 Å². The molecule has 2 atom stereocenters. The minimum absolute atomic E-state index is 0.0215. The molecule has 1 N–H and O–H groups in total. The van der Waals surface area contributed by atoms with E-state index < -0.39 is 10.0 Å². The quantitative estimate of drug-likeness (QED) is 0.493. The summed E-state index contributed by atoms with van der Waals surface area (Å²) in [7, 11) is -3.33. The van der Waals surface area contributed by atoms with Gasteiger partial charge in [-0.1, -0.05) is 36.4 Å². The molecule has 7 heteroatoms. The summed E-state index contributed by atoms with van der Waals surface area (Å²) < 4.78 is 30.0. The molecule has 0 radical (unpaired) electrons. The predicted molar refractivity (Wildman–Crippen MR) is 123 cm³/mol. The lowest BCUT2D eigenvalue weighted by Gasteiger charge is -2.21. The van der Waals surface area contributed by atoms with E-state index in [1.54, 1.807) is 4.31 Å². The average Bonchev–Trinajstić information content (AvgIpc) is 3.49. The number of fused-ring (bicyclic) bond motifs is 1. The predicted octanol–water partition coefficient (Wildman–Crippen LogP) is 4.27. The van der Waals surface area contributed by atoms with E-state index in [1.165, 1.54) is 10.9 Å². The third-order valence-electron chi connectivity index (χ3n) is 6.21. The van der Waals surface area contributed by atoms with Crippen molar-refractivity contribution in [3.05, 3.63) is 78.8 Å². The number of nitrogens with one attached hydrogen (secondary N) is 1. The van der Waals surface area contributed by atoms with Gasteiger partial charge < -0.3 is 4.57 Å². The summed E-state index contributed by atoms with van der Waals surface area (Å²) >= 11 is 0. The molecule has 1 saturated heterocycles. The Morgan fingerprint density at radius 2 is 1.94 bits per heavy atom. The van der Waals surface area contributed by atoms with E-state index in [1.807, 2.05) is 49.6 Å². The van der Waals surface area contributed by atoms with Crippen LogP contribution in [-0.2, 0) is 22.3 Å². The summed E-state index contributed by atoms with van der Waals surface area (Å²) in [4.78, 5) is 0. The summed E-state index contributed by atoms with van der Waals surface area (Å²) in [6, 6.07) is 18.0. The first-order valence-electron chi connectivity index (χ1n) is 10.6. The molecule has 6 nitrogen and oxygen atoms in total. The first-order valence-corrected chi connectivity index (χ1v) is 12.2. The topological polar surface area (TPSA) is 71.0 Å². The molecule has 0 aliphatic carbocycles. The van der Waals surface area contributed by atoms with Crippen molar-refractivity contribution < 1.29 is 8.42 Å². The highest BCUT2D eigenvalue weighted by atomic mass is 32.2. The maximum absolute atomic E-state index is 13.0. The lowest BCUT2D eigenvalue weighted by atomic mass is 10.1. The molecule has 3 heterocycles. The van der Waals surface area contributed by atoms with Crippen molar-refractivity contribution in [2.24, 2.45) is 5.92 Å². The Bertz CT molecular complexity index is 1280. The van der Waals surface area contributed by atoms with Gasteiger partial charge >= 0.3 is 0 Å². The van der Waals surface area contributed by atoms with Crippen LogP contribution in [0.3, 0.4) is 0 Å². The molecular formula is C24H26N4O2S. The molecule has 2 aromatic carbocycles. The third kappa shape index (κ3) is 4.03. The minimum Gasteiger partial charge on any atom is -0.347 e. The fraction of sp³-hybridized carbons (Fsp3) is 0.292. The number of sulfonamides is 1. The Labute approximate surface area is 182 Å². The Kier molecular flexibility index (Phi) is 5.16. The zero-order valence-electron chi connectivity index (χ0n) is 17.5. The van der Waals surface area contributed by atoms with Crippen LogP contribution >= 0.6 is 0 Å². The number of H-pyrrole nitrogens is 1. The fourth-order valence-corrected chi connectivity index (χ4v) is 6.57. The van der Waals surface area contributed by atoms with E-state index in [0.29, 0.717) is 12.5 Å². The van der Waals surface area contributed by atoms with Crippen LogP contribution in [-0.4, -0.2) is 40.1 Å². The molecule has 1 aliphatic heterocycles. The Morgan fingerprint density at radius 3 is 2.71 bits per heavy atom. The minimum atomic E-state index is -3.33. The summed E-state index contributed by atoms with van der Waals surface area (Å²) in [5.74, 6) is 0.360. The van der Waals surface area contributed by atoms with Gasteiger partial charge in [-0.3, -0.25) is 5.10 Å². The fourth-order valence-electron chi connectivity index (χ4n) is 4.72. The van der Waals surface area contributed by atoms with Gasteiger partial charge in [0.25, 0.3) is 0 Å². The van der Waals surface area contributed by atoms with Crippen LogP contribution in [0.15, 0.2) is 73.2 Å².